The molecule has 0 fully saturated rings. The van der Waals surface area contributed by atoms with Gasteiger partial charge in [0, 0.05) is 0 Å². The number of aliphatic hydroxyl groups is 1. The number of rotatable bonds is 6. The third-order valence-corrected chi connectivity index (χ3v) is 3.21. The second-order valence-corrected chi connectivity index (χ2v) is 6.32. The molecule has 0 amide bonds. The van der Waals surface area contributed by atoms with E-state index in [1.165, 1.54) is 5.56 Å². The van der Waals surface area contributed by atoms with Crippen molar-refractivity contribution in [3.05, 3.63) is 29.8 Å². The highest BCUT2D eigenvalue weighted by Gasteiger charge is 2.23. The summed E-state index contributed by atoms with van der Waals surface area (Å²) in [5.74, 6) is 0.852. The molecular formula is C16H27NO2. The Bertz CT molecular complexity index is 398. The summed E-state index contributed by atoms with van der Waals surface area (Å²) in [5.41, 5.74) is 0.965. The average Bonchev–Trinajstić information content (AvgIpc) is 2.36. The van der Waals surface area contributed by atoms with E-state index in [0.717, 1.165) is 12.3 Å². The molecule has 3 heteroatoms. The van der Waals surface area contributed by atoms with Crippen LogP contribution in [0.15, 0.2) is 24.3 Å². The maximum absolute atomic E-state index is 9.44. The van der Waals surface area contributed by atoms with Gasteiger partial charge in [-0.05, 0) is 36.6 Å². The smallest absolute Gasteiger partial charge is 0.119 e. The van der Waals surface area contributed by atoms with E-state index in [-0.39, 0.29) is 12.0 Å². The summed E-state index contributed by atoms with van der Waals surface area (Å²) in [6, 6.07) is 8.16. The molecule has 0 radical (unpaired) electrons. The third-order valence-electron chi connectivity index (χ3n) is 3.21. The van der Waals surface area contributed by atoms with Gasteiger partial charge in [-0.2, -0.15) is 0 Å². The van der Waals surface area contributed by atoms with Crippen LogP contribution in [0.3, 0.4) is 0 Å². The van der Waals surface area contributed by atoms with Gasteiger partial charge in [0.15, 0.2) is 0 Å². The Morgan fingerprint density at radius 1 is 1.21 bits per heavy atom. The van der Waals surface area contributed by atoms with Gasteiger partial charge in [-0.25, -0.2) is 0 Å². The summed E-state index contributed by atoms with van der Waals surface area (Å²) in [5, 5.41) is 12.7. The number of hydrogen-bond acceptors (Lipinski definition) is 3. The molecule has 1 aromatic carbocycles. The number of aliphatic hydroxyl groups excluding tert-OH is 1. The van der Waals surface area contributed by atoms with E-state index in [2.05, 4.69) is 38.2 Å². The summed E-state index contributed by atoms with van der Waals surface area (Å²) in [6.07, 6.45) is 0. The Morgan fingerprint density at radius 3 is 2.42 bits per heavy atom. The van der Waals surface area contributed by atoms with Crippen molar-refractivity contribution >= 4 is 0 Å². The Labute approximate surface area is 117 Å². The molecule has 0 bridgehead atoms. The molecule has 0 saturated heterocycles. The lowest BCUT2D eigenvalue weighted by atomic mass is 9.87. The predicted octanol–water partition coefficient (Wildman–Crippen LogP) is 2.72. The van der Waals surface area contributed by atoms with Crippen LogP contribution in [0.2, 0.25) is 0 Å². The Kier molecular flexibility index (Phi) is 5.39. The van der Waals surface area contributed by atoms with Gasteiger partial charge in [0.25, 0.3) is 0 Å². The van der Waals surface area contributed by atoms with Gasteiger partial charge in [-0.15, -0.1) is 0 Å². The lowest BCUT2D eigenvalue weighted by Gasteiger charge is -2.28. The average molecular weight is 265 g/mol. The SMILES string of the molecule is CCNC(C)(CO)COc1cccc(C(C)(C)C)c1. The number of benzene rings is 1. The third kappa shape index (κ3) is 4.84. The van der Waals surface area contributed by atoms with Crippen molar-refractivity contribution in [2.45, 2.75) is 45.6 Å². The van der Waals surface area contributed by atoms with Crippen LogP contribution in [-0.2, 0) is 5.41 Å². The normalized spacial score (nSPS) is 15.1. The van der Waals surface area contributed by atoms with E-state index in [1.807, 2.05) is 26.0 Å². The first kappa shape index (κ1) is 16.0. The Balaban J connectivity index is 2.73. The number of ether oxygens (including phenoxy) is 1. The summed E-state index contributed by atoms with van der Waals surface area (Å²) in [7, 11) is 0. The second kappa shape index (κ2) is 6.40. The molecule has 0 spiro atoms. The molecule has 1 aromatic rings. The highest BCUT2D eigenvalue weighted by atomic mass is 16.5. The molecule has 0 aliphatic rings. The van der Waals surface area contributed by atoms with Gasteiger partial charge in [-0.1, -0.05) is 39.8 Å². The van der Waals surface area contributed by atoms with Crippen molar-refractivity contribution < 1.29 is 9.84 Å². The molecular weight excluding hydrogens is 238 g/mol. The minimum atomic E-state index is -0.396. The fourth-order valence-corrected chi connectivity index (χ4v) is 1.87. The zero-order valence-corrected chi connectivity index (χ0v) is 12.8. The molecule has 19 heavy (non-hydrogen) atoms. The standard InChI is InChI=1S/C16H27NO2/c1-6-17-16(5,11-18)12-19-14-9-7-8-13(10-14)15(2,3)4/h7-10,17-18H,6,11-12H2,1-5H3. The minimum absolute atomic E-state index is 0.0554. The first-order valence-corrected chi connectivity index (χ1v) is 6.90. The van der Waals surface area contributed by atoms with Crippen LogP contribution in [0.25, 0.3) is 0 Å². The maximum atomic E-state index is 9.44. The summed E-state index contributed by atoms with van der Waals surface area (Å²) >= 11 is 0. The van der Waals surface area contributed by atoms with Crippen LogP contribution in [0.5, 0.6) is 5.75 Å². The van der Waals surface area contributed by atoms with E-state index in [9.17, 15) is 5.11 Å². The minimum Gasteiger partial charge on any atom is -0.492 e. The lowest BCUT2D eigenvalue weighted by molar-refractivity contribution is 0.117. The molecule has 1 atom stereocenters. The van der Waals surface area contributed by atoms with Gasteiger partial charge in [0.2, 0.25) is 0 Å². The predicted molar refractivity (Wildman–Crippen MR) is 79.8 cm³/mol. The van der Waals surface area contributed by atoms with Crippen molar-refractivity contribution in [1.82, 2.24) is 5.32 Å². The lowest BCUT2D eigenvalue weighted by Crippen LogP contribution is -2.50. The molecule has 3 nitrogen and oxygen atoms in total. The molecule has 108 valence electrons. The van der Waals surface area contributed by atoms with E-state index < -0.39 is 5.54 Å². The monoisotopic (exact) mass is 265 g/mol. The zero-order valence-electron chi connectivity index (χ0n) is 12.8. The van der Waals surface area contributed by atoms with Gasteiger partial charge in [-0.3, -0.25) is 0 Å². The summed E-state index contributed by atoms with van der Waals surface area (Å²) < 4.78 is 5.83. The number of nitrogens with one attached hydrogen (secondary N) is 1. The van der Waals surface area contributed by atoms with Gasteiger partial charge in [0.05, 0.1) is 12.1 Å². The molecule has 0 aliphatic carbocycles. The number of hydrogen-bond donors (Lipinski definition) is 2. The second-order valence-electron chi connectivity index (χ2n) is 6.32. The van der Waals surface area contributed by atoms with E-state index in [4.69, 9.17) is 4.74 Å². The van der Waals surface area contributed by atoms with Crippen molar-refractivity contribution in [1.29, 1.82) is 0 Å². The molecule has 0 saturated carbocycles. The maximum Gasteiger partial charge on any atom is 0.119 e. The fourth-order valence-electron chi connectivity index (χ4n) is 1.87. The van der Waals surface area contributed by atoms with Crippen molar-refractivity contribution in [3.63, 3.8) is 0 Å². The van der Waals surface area contributed by atoms with Crippen LogP contribution >= 0.6 is 0 Å². The topological polar surface area (TPSA) is 41.5 Å². The number of likely N-dealkylation sites (N-methyl/N-ethyl adjacent to an activating group) is 1. The molecule has 0 aliphatic heterocycles. The van der Waals surface area contributed by atoms with Crippen molar-refractivity contribution in [2.75, 3.05) is 19.8 Å². The summed E-state index contributed by atoms with van der Waals surface area (Å²) in [6.45, 7) is 11.8. The van der Waals surface area contributed by atoms with Crippen molar-refractivity contribution in [3.8, 4) is 5.75 Å². The highest BCUT2D eigenvalue weighted by molar-refractivity contribution is 5.32. The molecule has 0 aromatic heterocycles. The van der Waals surface area contributed by atoms with E-state index >= 15 is 0 Å². The quantitative estimate of drug-likeness (QED) is 0.831. The van der Waals surface area contributed by atoms with Crippen LogP contribution in [0, 0.1) is 0 Å². The Hall–Kier alpha value is -1.06. The fraction of sp³-hybridized carbons (Fsp3) is 0.625. The van der Waals surface area contributed by atoms with Crippen LogP contribution in [-0.4, -0.2) is 30.4 Å². The van der Waals surface area contributed by atoms with Crippen LogP contribution in [0.1, 0.15) is 40.2 Å². The van der Waals surface area contributed by atoms with E-state index in [1.54, 1.807) is 0 Å². The molecule has 0 heterocycles. The molecule has 2 N–H and O–H groups in total. The largest absolute Gasteiger partial charge is 0.492 e. The Morgan fingerprint density at radius 2 is 1.89 bits per heavy atom. The van der Waals surface area contributed by atoms with E-state index in [0.29, 0.717) is 6.61 Å². The van der Waals surface area contributed by atoms with Gasteiger partial charge < -0.3 is 15.2 Å². The van der Waals surface area contributed by atoms with Crippen molar-refractivity contribution in [2.24, 2.45) is 0 Å². The molecule has 1 rings (SSSR count). The zero-order chi connectivity index (χ0) is 14.5. The summed E-state index contributed by atoms with van der Waals surface area (Å²) in [4.78, 5) is 0. The highest BCUT2D eigenvalue weighted by Crippen LogP contribution is 2.25. The van der Waals surface area contributed by atoms with Gasteiger partial charge in [0.1, 0.15) is 12.4 Å². The van der Waals surface area contributed by atoms with Crippen LogP contribution < -0.4 is 10.1 Å². The van der Waals surface area contributed by atoms with Crippen LogP contribution in [0.4, 0.5) is 0 Å². The molecule has 1 unspecified atom stereocenters. The first-order valence-electron chi connectivity index (χ1n) is 6.90. The first-order chi connectivity index (χ1) is 8.80. The van der Waals surface area contributed by atoms with Gasteiger partial charge >= 0.3 is 0 Å².